The minimum atomic E-state index is -4.68. The van der Waals surface area contributed by atoms with Crippen LogP contribution in [0, 0.1) is 20.8 Å². The van der Waals surface area contributed by atoms with Crippen molar-refractivity contribution in [3.05, 3.63) is 35.2 Å². The molecule has 0 fully saturated rings. The van der Waals surface area contributed by atoms with Crippen molar-refractivity contribution < 1.29 is 17.9 Å². The van der Waals surface area contributed by atoms with Gasteiger partial charge in [-0.2, -0.15) is 0 Å². The first-order valence-electron chi connectivity index (χ1n) is 6.05. The van der Waals surface area contributed by atoms with Crippen molar-refractivity contribution in [3.63, 3.8) is 0 Å². The predicted octanol–water partition coefficient (Wildman–Crippen LogP) is 3.91. The first-order chi connectivity index (χ1) is 9.19. The van der Waals surface area contributed by atoms with Gasteiger partial charge in [-0.25, -0.2) is 4.98 Å². The molecule has 0 bridgehead atoms. The zero-order valence-corrected chi connectivity index (χ0v) is 11.7. The van der Waals surface area contributed by atoms with Crippen molar-refractivity contribution in [3.8, 4) is 17.1 Å². The van der Waals surface area contributed by atoms with Gasteiger partial charge >= 0.3 is 6.36 Å². The van der Waals surface area contributed by atoms with Crippen molar-refractivity contribution in [2.45, 2.75) is 27.1 Å². The number of halogens is 3. The van der Waals surface area contributed by atoms with Crippen LogP contribution in [0.4, 0.5) is 13.2 Å². The summed E-state index contributed by atoms with van der Waals surface area (Å²) in [5.41, 5.74) is 3.39. The number of alkyl halides is 3. The summed E-state index contributed by atoms with van der Waals surface area (Å²) in [6.07, 6.45) is -4.68. The van der Waals surface area contributed by atoms with Crippen LogP contribution in [-0.4, -0.2) is 15.9 Å². The molecular weight excluding hydrogens is 269 g/mol. The zero-order chi connectivity index (χ0) is 15.1. The van der Waals surface area contributed by atoms with E-state index in [0.29, 0.717) is 5.56 Å². The normalized spacial score (nSPS) is 11.8. The Morgan fingerprint density at radius 2 is 1.80 bits per heavy atom. The molecule has 20 heavy (non-hydrogen) atoms. The Kier molecular flexibility index (Phi) is 3.50. The molecule has 0 aliphatic heterocycles. The molecule has 0 spiro atoms. The molecule has 0 aliphatic rings. The van der Waals surface area contributed by atoms with Gasteiger partial charge < -0.3 is 9.30 Å². The summed E-state index contributed by atoms with van der Waals surface area (Å²) in [5, 5.41) is 0. The monoisotopic (exact) mass is 284 g/mol. The van der Waals surface area contributed by atoms with Crippen LogP contribution in [0.2, 0.25) is 0 Å². The smallest absolute Gasteiger partial charge is 0.406 e. The largest absolute Gasteiger partial charge is 0.573 e. The molecule has 2 aromatic rings. The molecule has 108 valence electrons. The molecule has 0 amide bonds. The average Bonchev–Trinajstić information content (AvgIpc) is 2.55. The molecule has 0 N–H and O–H groups in total. The maximum Gasteiger partial charge on any atom is 0.573 e. The van der Waals surface area contributed by atoms with E-state index < -0.39 is 6.36 Å². The van der Waals surface area contributed by atoms with Crippen LogP contribution < -0.4 is 4.74 Å². The number of hydrogen-bond donors (Lipinski definition) is 0. The Labute approximate surface area is 115 Å². The Bertz CT molecular complexity index is 645. The van der Waals surface area contributed by atoms with Crippen molar-refractivity contribution in [2.75, 3.05) is 0 Å². The van der Waals surface area contributed by atoms with E-state index >= 15 is 0 Å². The van der Waals surface area contributed by atoms with Gasteiger partial charge in [0.25, 0.3) is 0 Å². The van der Waals surface area contributed by atoms with E-state index in [1.54, 1.807) is 13.0 Å². The standard InChI is InChI=1S/C14H15F3N2O/c1-8-7-11(20-14(15,16)17)5-6-12(8)13-18-9(2)10(3)19(13)4/h5-7H,1-4H3. The highest BCUT2D eigenvalue weighted by Crippen LogP contribution is 2.29. The fourth-order valence-corrected chi connectivity index (χ4v) is 2.04. The molecule has 1 aromatic carbocycles. The summed E-state index contributed by atoms with van der Waals surface area (Å²) in [6.45, 7) is 5.58. The van der Waals surface area contributed by atoms with Gasteiger partial charge in [0.15, 0.2) is 0 Å². The minimum Gasteiger partial charge on any atom is -0.406 e. The quantitative estimate of drug-likeness (QED) is 0.836. The molecule has 1 aromatic heterocycles. The lowest BCUT2D eigenvalue weighted by molar-refractivity contribution is -0.274. The van der Waals surface area contributed by atoms with Gasteiger partial charge in [-0.1, -0.05) is 0 Å². The number of nitrogens with zero attached hydrogens (tertiary/aromatic N) is 2. The molecule has 3 nitrogen and oxygen atoms in total. The lowest BCUT2D eigenvalue weighted by Gasteiger charge is -2.12. The average molecular weight is 284 g/mol. The third kappa shape index (κ3) is 2.79. The Hall–Kier alpha value is -1.98. The highest BCUT2D eigenvalue weighted by Gasteiger charge is 2.31. The van der Waals surface area contributed by atoms with Gasteiger partial charge in [-0.05, 0) is 44.5 Å². The minimum absolute atomic E-state index is 0.221. The number of hydrogen-bond acceptors (Lipinski definition) is 2. The number of benzene rings is 1. The molecule has 6 heteroatoms. The van der Waals surface area contributed by atoms with Crippen LogP contribution in [0.5, 0.6) is 5.75 Å². The molecule has 2 rings (SSSR count). The van der Waals surface area contributed by atoms with Crippen LogP contribution in [-0.2, 0) is 7.05 Å². The SMILES string of the molecule is Cc1cc(OC(F)(F)F)ccc1-c1nc(C)c(C)n1C. The first kappa shape index (κ1) is 14.4. The fraction of sp³-hybridized carbons (Fsp3) is 0.357. The first-order valence-corrected chi connectivity index (χ1v) is 6.05. The van der Waals surface area contributed by atoms with E-state index in [1.807, 2.05) is 25.5 Å². The Balaban J connectivity index is 2.42. The number of aromatic nitrogens is 2. The Morgan fingerprint density at radius 1 is 1.15 bits per heavy atom. The number of aryl methyl sites for hydroxylation is 2. The van der Waals surface area contributed by atoms with Crippen LogP contribution in [0.1, 0.15) is 17.0 Å². The van der Waals surface area contributed by atoms with Gasteiger partial charge in [0.05, 0.1) is 5.69 Å². The highest BCUT2D eigenvalue weighted by molar-refractivity contribution is 5.63. The van der Waals surface area contributed by atoms with Gasteiger partial charge in [0.2, 0.25) is 0 Å². The van der Waals surface area contributed by atoms with Crippen molar-refractivity contribution >= 4 is 0 Å². The van der Waals surface area contributed by atoms with Crippen molar-refractivity contribution in [1.82, 2.24) is 9.55 Å². The summed E-state index contributed by atoms with van der Waals surface area (Å²) in [4.78, 5) is 4.45. The maximum absolute atomic E-state index is 12.2. The number of imidazole rings is 1. The van der Waals surface area contributed by atoms with Crippen LogP contribution in [0.25, 0.3) is 11.4 Å². The topological polar surface area (TPSA) is 27.1 Å². The predicted molar refractivity (Wildman–Crippen MR) is 69.5 cm³/mol. The molecule has 1 heterocycles. The fourth-order valence-electron chi connectivity index (χ4n) is 2.04. The molecule has 0 aliphatic carbocycles. The molecule has 0 atom stereocenters. The van der Waals surface area contributed by atoms with Crippen LogP contribution in [0.15, 0.2) is 18.2 Å². The highest BCUT2D eigenvalue weighted by atomic mass is 19.4. The second-order valence-electron chi connectivity index (χ2n) is 4.69. The lowest BCUT2D eigenvalue weighted by atomic mass is 10.1. The van der Waals surface area contributed by atoms with E-state index in [1.165, 1.54) is 12.1 Å². The van der Waals surface area contributed by atoms with E-state index in [0.717, 1.165) is 22.8 Å². The van der Waals surface area contributed by atoms with Gasteiger partial charge in [-0.3, -0.25) is 0 Å². The van der Waals surface area contributed by atoms with E-state index in [2.05, 4.69) is 9.72 Å². The van der Waals surface area contributed by atoms with Gasteiger partial charge in [0, 0.05) is 18.3 Å². The van der Waals surface area contributed by atoms with Crippen molar-refractivity contribution in [2.24, 2.45) is 7.05 Å². The third-order valence-corrected chi connectivity index (χ3v) is 3.29. The maximum atomic E-state index is 12.2. The molecular formula is C14H15F3N2O. The van der Waals surface area contributed by atoms with E-state index in [-0.39, 0.29) is 5.75 Å². The summed E-state index contributed by atoms with van der Waals surface area (Å²) in [5.74, 6) is 0.512. The zero-order valence-electron chi connectivity index (χ0n) is 11.7. The second-order valence-corrected chi connectivity index (χ2v) is 4.69. The number of rotatable bonds is 2. The lowest BCUT2D eigenvalue weighted by Crippen LogP contribution is -2.17. The summed E-state index contributed by atoms with van der Waals surface area (Å²) < 4.78 is 42.4. The second kappa shape index (κ2) is 4.85. The molecule has 0 saturated carbocycles. The molecule has 0 radical (unpaired) electrons. The van der Waals surface area contributed by atoms with Gasteiger partial charge in [-0.15, -0.1) is 13.2 Å². The van der Waals surface area contributed by atoms with Gasteiger partial charge in [0.1, 0.15) is 11.6 Å². The Morgan fingerprint density at radius 3 is 2.25 bits per heavy atom. The molecule has 0 saturated heterocycles. The van der Waals surface area contributed by atoms with E-state index in [4.69, 9.17) is 0 Å². The molecule has 0 unspecified atom stereocenters. The summed E-state index contributed by atoms with van der Waals surface area (Å²) in [7, 11) is 1.88. The van der Waals surface area contributed by atoms with Crippen LogP contribution >= 0.6 is 0 Å². The summed E-state index contributed by atoms with van der Waals surface area (Å²) in [6, 6.07) is 4.26. The number of ether oxygens (including phenoxy) is 1. The van der Waals surface area contributed by atoms with E-state index in [9.17, 15) is 13.2 Å². The van der Waals surface area contributed by atoms with Crippen LogP contribution in [0.3, 0.4) is 0 Å². The third-order valence-electron chi connectivity index (χ3n) is 3.29. The summed E-state index contributed by atoms with van der Waals surface area (Å²) >= 11 is 0. The van der Waals surface area contributed by atoms with Crippen molar-refractivity contribution in [1.29, 1.82) is 0 Å².